The van der Waals surface area contributed by atoms with E-state index < -0.39 is 10.8 Å². The van der Waals surface area contributed by atoms with Gasteiger partial charge in [0.05, 0.1) is 9.80 Å². The second-order valence-electron chi connectivity index (χ2n) is 8.37. The average molecular weight is 512 g/mol. The molecule has 0 atom stereocenters. The third-order valence-electron chi connectivity index (χ3n) is 5.66. The van der Waals surface area contributed by atoms with E-state index in [-0.39, 0.29) is 26.2 Å². The summed E-state index contributed by atoms with van der Waals surface area (Å²) >= 11 is 1.89. The molecular formula is C25H22FN3O4S2. The summed E-state index contributed by atoms with van der Waals surface area (Å²) in [5.74, 6) is -0.298. The van der Waals surface area contributed by atoms with E-state index in [0.29, 0.717) is 22.1 Å². The van der Waals surface area contributed by atoms with Crippen LogP contribution in [-0.2, 0) is 5.41 Å². The minimum absolute atomic E-state index is 0.0383. The molecule has 2 aromatic heterocycles. The van der Waals surface area contributed by atoms with Gasteiger partial charge < -0.3 is 4.74 Å². The molecule has 180 valence electrons. The first-order chi connectivity index (χ1) is 16.7. The lowest BCUT2D eigenvalue weighted by molar-refractivity contribution is -0.380. The Balaban J connectivity index is 1.63. The van der Waals surface area contributed by atoms with E-state index in [1.54, 1.807) is 12.1 Å². The summed E-state index contributed by atoms with van der Waals surface area (Å²) in [4.78, 5) is 27.7. The van der Waals surface area contributed by atoms with Crippen molar-refractivity contribution in [1.29, 1.82) is 0 Å². The van der Waals surface area contributed by atoms with Crippen LogP contribution in [0.4, 0.5) is 14.5 Å². The van der Waals surface area contributed by atoms with Gasteiger partial charge in [-0.2, -0.15) is 0 Å². The molecule has 1 amide bonds. The minimum atomic E-state index is -0.545. The van der Waals surface area contributed by atoms with Crippen molar-refractivity contribution in [2.24, 2.45) is 0 Å². The summed E-state index contributed by atoms with van der Waals surface area (Å²) in [5, 5.41) is 14.1. The number of hydrogen-bond acceptors (Lipinski definition) is 7. The number of amides is 1. The molecule has 0 aliphatic rings. The van der Waals surface area contributed by atoms with E-state index in [0.717, 1.165) is 29.1 Å². The fraction of sp³-hybridized carbons (Fsp3) is 0.200. The highest BCUT2D eigenvalue weighted by Gasteiger charge is 2.21. The van der Waals surface area contributed by atoms with Gasteiger partial charge in [0.2, 0.25) is 5.06 Å². The fourth-order valence-corrected chi connectivity index (χ4v) is 4.78. The number of aromatic nitrogens is 1. The molecule has 1 N–H and O–H groups in total. The largest absolute Gasteiger partial charge is 0.444 e. The molecule has 4 aromatic rings. The van der Waals surface area contributed by atoms with Gasteiger partial charge in [0.15, 0.2) is 5.13 Å². The number of benzene rings is 2. The molecule has 2 heterocycles. The highest BCUT2D eigenvalue weighted by atomic mass is 32.1. The molecule has 0 radical (unpaired) electrons. The SMILES string of the molecule is CCC(C)(C)c1ccc(Oc2sc(NC(=O)c3ccc([N+](=O)[O-])s3)nc2-c2ccc(F)cc2)cc1. The molecule has 0 aliphatic carbocycles. The summed E-state index contributed by atoms with van der Waals surface area (Å²) in [6.45, 7) is 6.49. The summed E-state index contributed by atoms with van der Waals surface area (Å²) in [7, 11) is 0. The van der Waals surface area contributed by atoms with Crippen LogP contribution in [0.3, 0.4) is 0 Å². The third kappa shape index (κ3) is 5.55. The quantitative estimate of drug-likeness (QED) is 0.194. The van der Waals surface area contributed by atoms with E-state index in [1.807, 2.05) is 24.3 Å². The number of thiophene rings is 1. The van der Waals surface area contributed by atoms with Gasteiger partial charge in [-0.15, -0.1) is 0 Å². The predicted octanol–water partition coefficient (Wildman–Crippen LogP) is 7.65. The van der Waals surface area contributed by atoms with Gasteiger partial charge in [-0.25, -0.2) is 9.37 Å². The van der Waals surface area contributed by atoms with Gasteiger partial charge in [0, 0.05) is 11.6 Å². The molecule has 35 heavy (non-hydrogen) atoms. The Morgan fingerprint density at radius 3 is 2.37 bits per heavy atom. The Hall–Kier alpha value is -3.63. The van der Waals surface area contributed by atoms with Crippen molar-refractivity contribution in [3.63, 3.8) is 0 Å². The van der Waals surface area contributed by atoms with Crippen LogP contribution in [0, 0.1) is 15.9 Å². The number of anilines is 1. The van der Waals surface area contributed by atoms with Crippen LogP contribution in [0.15, 0.2) is 60.7 Å². The van der Waals surface area contributed by atoms with Crippen LogP contribution in [0.5, 0.6) is 10.8 Å². The maximum atomic E-state index is 13.5. The van der Waals surface area contributed by atoms with Gasteiger partial charge in [0.1, 0.15) is 17.3 Å². The van der Waals surface area contributed by atoms with Crippen molar-refractivity contribution in [3.05, 3.63) is 87.0 Å². The van der Waals surface area contributed by atoms with E-state index in [4.69, 9.17) is 4.74 Å². The summed E-state index contributed by atoms with van der Waals surface area (Å²) in [6.07, 6.45) is 0.993. The standard InChI is InChI=1S/C25H22FN3O4S2/c1-4-25(2,3)16-7-11-18(12-8-16)33-23-21(15-5-9-17(26)10-6-15)27-24(35-23)28-22(30)19-13-14-20(34-19)29(31)32/h5-14H,4H2,1-3H3,(H,27,28,30). The van der Waals surface area contributed by atoms with Crippen molar-refractivity contribution in [2.45, 2.75) is 32.6 Å². The predicted molar refractivity (Wildman–Crippen MR) is 136 cm³/mol. The van der Waals surface area contributed by atoms with E-state index in [1.165, 1.54) is 29.8 Å². The van der Waals surface area contributed by atoms with Gasteiger partial charge >= 0.3 is 5.00 Å². The average Bonchev–Trinajstić information content (AvgIpc) is 3.48. The zero-order chi connectivity index (χ0) is 25.2. The van der Waals surface area contributed by atoms with Gasteiger partial charge in [0.25, 0.3) is 5.91 Å². The van der Waals surface area contributed by atoms with Gasteiger partial charge in [-0.3, -0.25) is 20.2 Å². The maximum Gasteiger partial charge on any atom is 0.324 e. The highest BCUT2D eigenvalue weighted by molar-refractivity contribution is 7.19. The number of halogens is 1. The molecule has 7 nitrogen and oxygen atoms in total. The van der Waals surface area contributed by atoms with Crippen molar-refractivity contribution in [2.75, 3.05) is 5.32 Å². The number of rotatable bonds is 8. The molecule has 0 saturated heterocycles. The van der Waals surface area contributed by atoms with Crippen LogP contribution in [-0.4, -0.2) is 15.8 Å². The Morgan fingerprint density at radius 1 is 1.09 bits per heavy atom. The zero-order valence-corrected chi connectivity index (χ0v) is 20.8. The second kappa shape index (κ2) is 9.93. The molecule has 0 fully saturated rings. The number of thiazole rings is 1. The molecule has 10 heteroatoms. The van der Waals surface area contributed by atoms with Crippen LogP contribution in [0.1, 0.15) is 42.4 Å². The topological polar surface area (TPSA) is 94.4 Å². The zero-order valence-electron chi connectivity index (χ0n) is 19.2. The van der Waals surface area contributed by atoms with Crippen molar-refractivity contribution in [3.8, 4) is 22.1 Å². The fourth-order valence-electron chi connectivity index (χ4n) is 3.21. The molecule has 0 saturated carbocycles. The number of ether oxygens (including phenoxy) is 1. The molecule has 0 spiro atoms. The molecule has 4 rings (SSSR count). The maximum absolute atomic E-state index is 13.5. The lowest BCUT2D eigenvalue weighted by atomic mass is 9.82. The van der Waals surface area contributed by atoms with Crippen LogP contribution in [0.25, 0.3) is 11.3 Å². The number of carbonyl (C=O) groups is 1. The smallest absolute Gasteiger partial charge is 0.324 e. The molecular weight excluding hydrogens is 489 g/mol. The summed E-state index contributed by atoms with van der Waals surface area (Å²) < 4.78 is 19.6. The van der Waals surface area contributed by atoms with Crippen molar-refractivity contribution < 1.29 is 18.8 Å². The highest BCUT2D eigenvalue weighted by Crippen LogP contribution is 2.41. The lowest BCUT2D eigenvalue weighted by Crippen LogP contribution is -2.14. The second-order valence-corrected chi connectivity index (χ2v) is 10.4. The molecule has 0 bridgehead atoms. The Bertz CT molecular complexity index is 1360. The normalized spacial score (nSPS) is 11.3. The Kier molecular flexibility index (Phi) is 6.95. The van der Waals surface area contributed by atoms with Gasteiger partial charge in [-0.05, 0) is 59.9 Å². The lowest BCUT2D eigenvalue weighted by Gasteiger charge is -2.23. The number of nitrogens with zero attached hydrogens (tertiary/aromatic N) is 2. The van der Waals surface area contributed by atoms with E-state index in [2.05, 4.69) is 31.1 Å². The van der Waals surface area contributed by atoms with Crippen LogP contribution in [0.2, 0.25) is 0 Å². The number of nitrogens with one attached hydrogen (secondary N) is 1. The molecule has 2 aromatic carbocycles. The van der Waals surface area contributed by atoms with Crippen LogP contribution < -0.4 is 10.1 Å². The first-order valence-electron chi connectivity index (χ1n) is 10.8. The molecule has 0 unspecified atom stereocenters. The van der Waals surface area contributed by atoms with E-state index >= 15 is 0 Å². The van der Waals surface area contributed by atoms with Crippen LogP contribution >= 0.6 is 22.7 Å². The monoisotopic (exact) mass is 511 g/mol. The Morgan fingerprint density at radius 2 is 1.77 bits per heavy atom. The third-order valence-corrected chi connectivity index (χ3v) is 7.54. The first-order valence-corrected chi connectivity index (χ1v) is 12.4. The van der Waals surface area contributed by atoms with Crippen molar-refractivity contribution >= 4 is 38.7 Å². The number of hydrogen-bond donors (Lipinski definition) is 1. The van der Waals surface area contributed by atoms with E-state index in [9.17, 15) is 19.3 Å². The Labute approximate surface area is 209 Å². The molecule has 0 aliphatic heterocycles. The first kappa shape index (κ1) is 24.5. The number of nitro groups is 1. The number of carbonyl (C=O) groups excluding carboxylic acids is 1. The van der Waals surface area contributed by atoms with Crippen molar-refractivity contribution in [1.82, 2.24) is 4.98 Å². The summed E-state index contributed by atoms with van der Waals surface area (Å²) in [5.41, 5.74) is 2.29. The van der Waals surface area contributed by atoms with Gasteiger partial charge in [-0.1, -0.05) is 55.6 Å². The summed E-state index contributed by atoms with van der Waals surface area (Å²) in [6, 6.07) is 16.3. The minimum Gasteiger partial charge on any atom is -0.444 e.